The predicted octanol–water partition coefficient (Wildman–Crippen LogP) is 1.87. The number of carbonyl (C=O) groups is 1. The quantitative estimate of drug-likeness (QED) is 0.840. The summed E-state index contributed by atoms with van der Waals surface area (Å²) in [6.07, 6.45) is 6.73. The molecule has 0 aromatic rings. The summed E-state index contributed by atoms with van der Waals surface area (Å²) >= 11 is 0. The van der Waals surface area contributed by atoms with Crippen LogP contribution in [0.3, 0.4) is 0 Å². The first-order chi connectivity index (χ1) is 8.99. The van der Waals surface area contributed by atoms with Crippen LogP contribution in [0.2, 0.25) is 0 Å². The van der Waals surface area contributed by atoms with Crippen LogP contribution in [0, 0.1) is 0 Å². The van der Waals surface area contributed by atoms with Crippen LogP contribution in [0.15, 0.2) is 35.7 Å². The van der Waals surface area contributed by atoms with Gasteiger partial charge < -0.3 is 10.5 Å². The van der Waals surface area contributed by atoms with E-state index in [9.17, 15) is 13.2 Å². The molecule has 0 aromatic heterocycles. The fourth-order valence-corrected chi connectivity index (χ4v) is 2.11. The largest absolute Gasteiger partial charge is 0.443 e. The molecule has 7 heteroatoms. The van der Waals surface area contributed by atoms with Gasteiger partial charge in [0.25, 0.3) is 0 Å². The molecule has 0 bridgehead atoms. The van der Waals surface area contributed by atoms with Gasteiger partial charge in [0.2, 0.25) is 10.0 Å². The van der Waals surface area contributed by atoms with Gasteiger partial charge in [-0.2, -0.15) is 4.31 Å². The van der Waals surface area contributed by atoms with Gasteiger partial charge in [0, 0.05) is 18.3 Å². The van der Waals surface area contributed by atoms with E-state index in [-0.39, 0.29) is 0 Å². The Morgan fingerprint density at radius 2 is 2.05 bits per heavy atom. The van der Waals surface area contributed by atoms with Crippen molar-refractivity contribution in [2.75, 3.05) is 6.26 Å². The summed E-state index contributed by atoms with van der Waals surface area (Å²) in [5, 5.41) is 0. The number of rotatable bonds is 2. The average Bonchev–Trinajstić information content (AvgIpc) is 2.21. The molecule has 20 heavy (non-hydrogen) atoms. The van der Waals surface area contributed by atoms with E-state index in [2.05, 4.69) is 0 Å². The normalized spacial score (nSPS) is 17.8. The summed E-state index contributed by atoms with van der Waals surface area (Å²) in [5.74, 6) is 0. The summed E-state index contributed by atoms with van der Waals surface area (Å²) in [6, 6.07) is 0. The van der Waals surface area contributed by atoms with Crippen LogP contribution in [0.1, 0.15) is 27.2 Å². The van der Waals surface area contributed by atoms with Gasteiger partial charge in [-0.05, 0) is 32.4 Å². The third-order valence-electron chi connectivity index (χ3n) is 2.24. The van der Waals surface area contributed by atoms with Crippen LogP contribution in [-0.4, -0.2) is 30.7 Å². The number of amides is 1. The molecule has 2 N–H and O–H groups in total. The van der Waals surface area contributed by atoms with E-state index >= 15 is 0 Å². The Bertz CT molecular complexity index is 580. The highest BCUT2D eigenvalue weighted by Crippen LogP contribution is 2.18. The first-order valence-electron chi connectivity index (χ1n) is 6.05. The molecule has 1 rings (SSSR count). The second kappa shape index (κ2) is 5.70. The molecular formula is C13H20N2O4S. The summed E-state index contributed by atoms with van der Waals surface area (Å²) in [5.41, 5.74) is 6.10. The van der Waals surface area contributed by atoms with E-state index in [1.807, 2.05) is 0 Å². The Labute approximate surface area is 119 Å². The van der Waals surface area contributed by atoms with Crippen molar-refractivity contribution in [3.63, 3.8) is 0 Å². The standard InChI is InChI=1S/C13H20N2O4S/c1-13(2,3)19-12(16)15(20(4,17)18)9-10-6-5-7-11(14)8-10/h5-7,9H,8,14H2,1-4H3. The minimum Gasteiger partial charge on any atom is -0.443 e. The van der Waals surface area contributed by atoms with Gasteiger partial charge in [0.1, 0.15) is 5.60 Å². The number of ether oxygens (including phenoxy) is 1. The molecule has 6 nitrogen and oxygen atoms in total. The molecular weight excluding hydrogens is 280 g/mol. The molecule has 0 saturated carbocycles. The van der Waals surface area contributed by atoms with Crippen molar-refractivity contribution in [2.24, 2.45) is 5.73 Å². The fraction of sp³-hybridized carbons (Fsp3) is 0.462. The first kappa shape index (κ1) is 16.3. The zero-order chi connectivity index (χ0) is 15.6. The Kier molecular flexibility index (Phi) is 4.65. The van der Waals surface area contributed by atoms with Crippen LogP contribution < -0.4 is 5.73 Å². The lowest BCUT2D eigenvalue weighted by molar-refractivity contribution is 0.0443. The van der Waals surface area contributed by atoms with Crippen LogP contribution in [-0.2, 0) is 14.8 Å². The van der Waals surface area contributed by atoms with Crippen LogP contribution in [0.25, 0.3) is 0 Å². The number of hydrogen-bond donors (Lipinski definition) is 1. The van der Waals surface area contributed by atoms with Gasteiger partial charge in [-0.1, -0.05) is 12.2 Å². The lowest BCUT2D eigenvalue weighted by atomic mass is 10.1. The number of carbonyl (C=O) groups excluding carboxylic acids is 1. The number of allylic oxidation sites excluding steroid dienone is 4. The Morgan fingerprint density at radius 1 is 1.45 bits per heavy atom. The van der Waals surface area contributed by atoms with E-state index in [1.54, 1.807) is 39.0 Å². The molecule has 112 valence electrons. The second-order valence-corrected chi connectivity index (χ2v) is 7.38. The SMILES string of the molecule is CC(C)(C)OC(=O)N(C=C1C=CC=C(N)C1)S(C)(=O)=O. The smallest absolute Gasteiger partial charge is 0.428 e. The molecule has 0 radical (unpaired) electrons. The molecule has 1 amide bonds. The van der Waals surface area contributed by atoms with Gasteiger partial charge in [-0.3, -0.25) is 0 Å². The Hall–Kier alpha value is -1.76. The maximum Gasteiger partial charge on any atom is 0.428 e. The van der Waals surface area contributed by atoms with Crippen LogP contribution in [0.4, 0.5) is 4.79 Å². The van der Waals surface area contributed by atoms with Crippen molar-refractivity contribution in [1.29, 1.82) is 0 Å². The Balaban J connectivity index is 3.04. The van der Waals surface area contributed by atoms with Crippen molar-refractivity contribution in [3.8, 4) is 0 Å². The van der Waals surface area contributed by atoms with Gasteiger partial charge in [-0.25, -0.2) is 13.2 Å². The zero-order valence-corrected chi connectivity index (χ0v) is 12.9. The summed E-state index contributed by atoms with van der Waals surface area (Å²) in [4.78, 5) is 12.0. The summed E-state index contributed by atoms with van der Waals surface area (Å²) < 4.78 is 29.1. The van der Waals surface area contributed by atoms with E-state index in [1.165, 1.54) is 6.20 Å². The van der Waals surface area contributed by atoms with Crippen molar-refractivity contribution in [2.45, 2.75) is 32.8 Å². The molecule has 0 aromatic carbocycles. The maximum absolute atomic E-state index is 12.0. The van der Waals surface area contributed by atoms with Gasteiger partial charge in [0.05, 0.1) is 6.26 Å². The van der Waals surface area contributed by atoms with Crippen molar-refractivity contribution < 1.29 is 17.9 Å². The summed E-state index contributed by atoms with van der Waals surface area (Å²) in [6.45, 7) is 5.00. The molecule has 0 aliphatic heterocycles. The van der Waals surface area contributed by atoms with E-state index in [0.717, 1.165) is 6.26 Å². The second-order valence-electron chi connectivity index (χ2n) is 5.52. The van der Waals surface area contributed by atoms with Crippen LogP contribution in [0.5, 0.6) is 0 Å². The molecule has 0 heterocycles. The van der Waals surface area contributed by atoms with Crippen LogP contribution >= 0.6 is 0 Å². The lowest BCUT2D eigenvalue weighted by Crippen LogP contribution is -2.37. The minimum atomic E-state index is -3.77. The highest BCUT2D eigenvalue weighted by Gasteiger charge is 2.27. The topological polar surface area (TPSA) is 89.7 Å². The number of sulfonamides is 1. The van der Waals surface area contributed by atoms with Crippen molar-refractivity contribution in [3.05, 3.63) is 35.7 Å². The van der Waals surface area contributed by atoms with E-state index in [4.69, 9.17) is 10.5 Å². The Morgan fingerprint density at radius 3 is 2.50 bits per heavy atom. The van der Waals surface area contributed by atoms with Gasteiger partial charge in [0.15, 0.2) is 0 Å². The molecule has 0 atom stereocenters. The zero-order valence-electron chi connectivity index (χ0n) is 12.1. The van der Waals surface area contributed by atoms with Crippen molar-refractivity contribution >= 4 is 16.1 Å². The molecule has 0 fully saturated rings. The van der Waals surface area contributed by atoms with E-state index in [0.29, 0.717) is 22.0 Å². The molecule has 1 aliphatic carbocycles. The van der Waals surface area contributed by atoms with Crippen molar-refractivity contribution in [1.82, 2.24) is 4.31 Å². The first-order valence-corrected chi connectivity index (χ1v) is 7.90. The molecule has 0 saturated heterocycles. The predicted molar refractivity (Wildman–Crippen MR) is 77.0 cm³/mol. The fourth-order valence-electron chi connectivity index (χ4n) is 1.48. The van der Waals surface area contributed by atoms with Gasteiger partial charge in [-0.15, -0.1) is 0 Å². The summed E-state index contributed by atoms with van der Waals surface area (Å²) in [7, 11) is -3.77. The van der Waals surface area contributed by atoms with Gasteiger partial charge >= 0.3 is 6.09 Å². The number of hydrogen-bond acceptors (Lipinski definition) is 5. The third-order valence-corrected chi connectivity index (χ3v) is 3.21. The maximum atomic E-state index is 12.0. The highest BCUT2D eigenvalue weighted by molar-refractivity contribution is 7.89. The molecule has 0 spiro atoms. The number of nitrogens with zero attached hydrogens (tertiary/aromatic N) is 1. The molecule has 0 unspecified atom stereocenters. The highest BCUT2D eigenvalue weighted by atomic mass is 32.2. The number of nitrogens with two attached hydrogens (primary N) is 1. The monoisotopic (exact) mass is 300 g/mol. The minimum absolute atomic E-state index is 0.380. The third kappa shape index (κ3) is 5.08. The average molecular weight is 300 g/mol. The molecule has 1 aliphatic rings. The lowest BCUT2D eigenvalue weighted by Gasteiger charge is -2.24. The van der Waals surface area contributed by atoms with E-state index < -0.39 is 21.7 Å².